The molecular formula is C19H28F3N5O2. The lowest BCUT2D eigenvalue weighted by Crippen LogP contribution is -2.34. The molecule has 0 radical (unpaired) electrons. The van der Waals surface area contributed by atoms with Crippen LogP contribution in [0.1, 0.15) is 45.1 Å². The van der Waals surface area contributed by atoms with Crippen LogP contribution in [-0.2, 0) is 15.7 Å². The molecule has 1 amide bonds. The number of ether oxygens (including phenoxy) is 1. The minimum atomic E-state index is -4.56. The molecular weight excluding hydrogens is 387 g/mol. The summed E-state index contributed by atoms with van der Waals surface area (Å²) in [5.74, 6) is -0.254. The van der Waals surface area contributed by atoms with Crippen molar-refractivity contribution in [3.8, 4) is 0 Å². The van der Waals surface area contributed by atoms with Crippen LogP contribution in [-0.4, -0.2) is 53.6 Å². The Morgan fingerprint density at radius 1 is 1.38 bits per heavy atom. The van der Waals surface area contributed by atoms with Gasteiger partial charge in [-0.05, 0) is 25.7 Å². The average Bonchev–Trinajstić information content (AvgIpc) is 2.88. The first-order valence-electron chi connectivity index (χ1n) is 9.84. The molecule has 0 bridgehead atoms. The molecule has 10 heteroatoms. The minimum Gasteiger partial charge on any atom is -0.372 e. The Bertz CT molecular complexity index is 710. The fraction of sp³-hybridized carbons (Fsp3) is 0.632. The zero-order chi connectivity index (χ0) is 21.3. The molecule has 0 unspecified atom stereocenters. The molecule has 0 spiro atoms. The summed E-state index contributed by atoms with van der Waals surface area (Å²) in [6, 6.07) is 0. The summed E-state index contributed by atoms with van der Waals surface area (Å²) in [6.07, 6.45) is 0.889. The minimum absolute atomic E-state index is 0.0532. The van der Waals surface area contributed by atoms with Crippen molar-refractivity contribution < 1.29 is 22.7 Å². The maximum atomic E-state index is 13.3. The first kappa shape index (κ1) is 22.9. The number of allylic oxidation sites excluding steroid dienone is 2. The monoisotopic (exact) mass is 415 g/mol. The van der Waals surface area contributed by atoms with Gasteiger partial charge < -0.3 is 20.3 Å². The quantitative estimate of drug-likeness (QED) is 0.600. The van der Waals surface area contributed by atoms with Gasteiger partial charge in [-0.25, -0.2) is 4.98 Å². The highest BCUT2D eigenvalue weighted by atomic mass is 19.4. The molecule has 1 aliphatic rings. The molecule has 0 saturated carbocycles. The second kappa shape index (κ2) is 11.0. The number of carbonyl (C=O) groups is 1. The predicted molar refractivity (Wildman–Crippen MR) is 104 cm³/mol. The number of anilines is 2. The number of nitrogens with one attached hydrogen (secondary N) is 2. The summed E-state index contributed by atoms with van der Waals surface area (Å²) in [4.78, 5) is 21.4. The number of amides is 1. The number of nitrogens with zero attached hydrogens (tertiary/aromatic N) is 3. The molecule has 2 heterocycles. The van der Waals surface area contributed by atoms with Crippen LogP contribution in [0, 0.1) is 0 Å². The predicted octanol–water partition coefficient (Wildman–Crippen LogP) is 3.66. The highest BCUT2D eigenvalue weighted by Gasteiger charge is 2.35. The van der Waals surface area contributed by atoms with E-state index in [9.17, 15) is 18.0 Å². The summed E-state index contributed by atoms with van der Waals surface area (Å²) in [5.41, 5.74) is -0.0695. The van der Waals surface area contributed by atoms with Crippen LogP contribution in [0.5, 0.6) is 0 Å². The van der Waals surface area contributed by atoms with E-state index in [-0.39, 0.29) is 30.8 Å². The summed E-state index contributed by atoms with van der Waals surface area (Å²) >= 11 is 0. The van der Waals surface area contributed by atoms with Crippen LogP contribution >= 0.6 is 0 Å². The number of halogens is 3. The van der Waals surface area contributed by atoms with E-state index >= 15 is 0 Å². The van der Waals surface area contributed by atoms with Crippen LogP contribution < -0.4 is 10.6 Å². The first-order chi connectivity index (χ1) is 13.8. The lowest BCUT2D eigenvalue weighted by molar-refractivity contribution is -0.137. The van der Waals surface area contributed by atoms with E-state index in [0.717, 1.165) is 24.7 Å². The topological polar surface area (TPSA) is 79.4 Å². The molecule has 1 aromatic heterocycles. The number of alkyl halides is 3. The van der Waals surface area contributed by atoms with E-state index in [1.165, 1.54) is 0 Å². The van der Waals surface area contributed by atoms with Crippen molar-refractivity contribution in [2.24, 2.45) is 0 Å². The number of aromatic nitrogens is 2. The Morgan fingerprint density at radius 2 is 2.17 bits per heavy atom. The van der Waals surface area contributed by atoms with E-state index < -0.39 is 11.7 Å². The molecule has 7 nitrogen and oxygen atoms in total. The van der Waals surface area contributed by atoms with E-state index in [1.807, 2.05) is 19.9 Å². The summed E-state index contributed by atoms with van der Waals surface area (Å²) in [5, 5.41) is 5.72. The van der Waals surface area contributed by atoms with Gasteiger partial charge in [0.2, 0.25) is 11.9 Å². The highest BCUT2D eigenvalue weighted by Crippen LogP contribution is 2.33. The van der Waals surface area contributed by atoms with Crippen LogP contribution in [0.4, 0.5) is 24.9 Å². The molecule has 0 atom stereocenters. The zero-order valence-corrected chi connectivity index (χ0v) is 16.8. The summed E-state index contributed by atoms with van der Waals surface area (Å²) in [6.45, 7) is 5.79. The second-order valence-electron chi connectivity index (χ2n) is 6.64. The smallest absolute Gasteiger partial charge is 0.372 e. The maximum absolute atomic E-state index is 13.3. The van der Waals surface area contributed by atoms with Gasteiger partial charge in [-0.2, -0.15) is 18.2 Å². The molecule has 1 aliphatic heterocycles. The molecule has 29 heavy (non-hydrogen) atoms. The third-order valence-electron chi connectivity index (χ3n) is 4.39. The standard InChI is InChI=1S/C19H28F3N5O2/c1-3-7-14(4-2)25-18-24-12-15(19(20,21)22)17(26-18)23-8-5-9-27-10-6-11-29-13-16(27)28/h7,12H,3-6,8-11,13H2,1-2H3,(H2,23,24,25,26)/b14-7+. The first-order valence-corrected chi connectivity index (χ1v) is 9.84. The highest BCUT2D eigenvalue weighted by molar-refractivity contribution is 5.77. The summed E-state index contributed by atoms with van der Waals surface area (Å²) in [7, 11) is 0. The van der Waals surface area contributed by atoms with Crippen LogP contribution in [0.25, 0.3) is 0 Å². The zero-order valence-electron chi connectivity index (χ0n) is 16.8. The van der Waals surface area contributed by atoms with E-state index in [0.29, 0.717) is 32.5 Å². The van der Waals surface area contributed by atoms with E-state index in [1.54, 1.807) is 4.90 Å². The average molecular weight is 415 g/mol. The lowest BCUT2D eigenvalue weighted by Gasteiger charge is -2.20. The second-order valence-corrected chi connectivity index (χ2v) is 6.64. The Morgan fingerprint density at radius 3 is 2.86 bits per heavy atom. The molecule has 1 aromatic rings. The lowest BCUT2D eigenvalue weighted by atomic mass is 10.2. The third-order valence-corrected chi connectivity index (χ3v) is 4.39. The molecule has 0 aliphatic carbocycles. The van der Waals surface area contributed by atoms with Crippen molar-refractivity contribution in [1.82, 2.24) is 14.9 Å². The molecule has 0 aromatic carbocycles. The number of hydrogen-bond donors (Lipinski definition) is 2. The fourth-order valence-corrected chi connectivity index (χ4v) is 2.90. The fourth-order valence-electron chi connectivity index (χ4n) is 2.90. The largest absolute Gasteiger partial charge is 0.421 e. The van der Waals surface area contributed by atoms with Crippen molar-refractivity contribution >= 4 is 17.7 Å². The van der Waals surface area contributed by atoms with Gasteiger partial charge in [-0.1, -0.05) is 19.9 Å². The molecule has 1 saturated heterocycles. The number of rotatable bonds is 9. The van der Waals surface area contributed by atoms with Crippen molar-refractivity contribution in [3.63, 3.8) is 0 Å². The molecule has 2 rings (SSSR count). The Hall–Kier alpha value is -2.36. The Labute approximate surface area is 168 Å². The van der Waals surface area contributed by atoms with Gasteiger partial charge in [0.05, 0.1) is 0 Å². The Balaban J connectivity index is 2.03. The third kappa shape index (κ3) is 7.19. The van der Waals surface area contributed by atoms with Crippen LogP contribution in [0.2, 0.25) is 0 Å². The van der Waals surface area contributed by atoms with Gasteiger partial charge in [0, 0.05) is 38.1 Å². The van der Waals surface area contributed by atoms with Gasteiger partial charge >= 0.3 is 6.18 Å². The van der Waals surface area contributed by atoms with Gasteiger partial charge in [-0.3, -0.25) is 4.79 Å². The van der Waals surface area contributed by atoms with Gasteiger partial charge in [0.15, 0.2) is 0 Å². The van der Waals surface area contributed by atoms with E-state index in [4.69, 9.17) is 4.74 Å². The van der Waals surface area contributed by atoms with Gasteiger partial charge in [-0.15, -0.1) is 0 Å². The van der Waals surface area contributed by atoms with Crippen molar-refractivity contribution in [3.05, 3.63) is 23.5 Å². The number of hydrogen-bond acceptors (Lipinski definition) is 6. The molecule has 162 valence electrons. The van der Waals surface area contributed by atoms with Crippen molar-refractivity contribution in [2.75, 3.05) is 43.5 Å². The molecule has 2 N–H and O–H groups in total. The molecule has 1 fully saturated rings. The number of carbonyl (C=O) groups excluding carboxylic acids is 1. The van der Waals surface area contributed by atoms with Gasteiger partial charge in [0.25, 0.3) is 0 Å². The summed E-state index contributed by atoms with van der Waals surface area (Å²) < 4.78 is 45.1. The maximum Gasteiger partial charge on any atom is 0.421 e. The van der Waals surface area contributed by atoms with Crippen LogP contribution in [0.3, 0.4) is 0 Å². The van der Waals surface area contributed by atoms with Crippen LogP contribution in [0.15, 0.2) is 18.0 Å². The Kier molecular flexibility index (Phi) is 8.69. The SMILES string of the molecule is CC/C=C(\CC)Nc1ncc(C(F)(F)F)c(NCCCN2CCCOCC2=O)n1. The van der Waals surface area contributed by atoms with Crippen molar-refractivity contribution in [2.45, 2.75) is 45.7 Å². The normalized spacial score (nSPS) is 16.0. The van der Waals surface area contributed by atoms with E-state index in [2.05, 4.69) is 20.6 Å². The van der Waals surface area contributed by atoms with Crippen molar-refractivity contribution in [1.29, 1.82) is 0 Å². The van der Waals surface area contributed by atoms with Gasteiger partial charge in [0.1, 0.15) is 18.0 Å².